The highest BCUT2D eigenvalue weighted by Gasteiger charge is 2.32. The van der Waals surface area contributed by atoms with Gasteiger partial charge in [0, 0.05) is 17.5 Å². The molecule has 1 aliphatic carbocycles. The number of nitrogens with two attached hydrogens (primary N) is 1. The van der Waals surface area contributed by atoms with Crippen molar-refractivity contribution in [1.29, 1.82) is 0 Å². The zero-order valence-electron chi connectivity index (χ0n) is 12.5. The molecular weight excluding hydrogens is 242 g/mol. The van der Waals surface area contributed by atoms with Crippen molar-refractivity contribution in [3.05, 3.63) is 11.6 Å². The van der Waals surface area contributed by atoms with E-state index >= 15 is 0 Å². The second-order valence-electron chi connectivity index (χ2n) is 5.18. The first-order valence-electron chi connectivity index (χ1n) is 7.32. The van der Waals surface area contributed by atoms with Crippen LogP contribution < -0.4 is 5.73 Å². The molecule has 3 atom stereocenters. The highest BCUT2D eigenvalue weighted by Crippen LogP contribution is 2.27. The van der Waals surface area contributed by atoms with Crippen LogP contribution in [0.1, 0.15) is 47.0 Å². The third kappa shape index (κ3) is 4.32. The Morgan fingerprint density at radius 3 is 2.58 bits per heavy atom. The normalized spacial score (nSPS) is 27.3. The topological polar surface area (TPSA) is 61.5 Å². The largest absolute Gasteiger partial charge is 0.463 e. The molecular formula is C15H27NO3. The molecule has 110 valence electrons. The van der Waals surface area contributed by atoms with Crippen molar-refractivity contribution in [3.63, 3.8) is 0 Å². The van der Waals surface area contributed by atoms with Crippen LogP contribution in [0, 0.1) is 5.92 Å². The molecule has 4 heteroatoms. The van der Waals surface area contributed by atoms with E-state index in [4.69, 9.17) is 15.2 Å². The monoisotopic (exact) mass is 269 g/mol. The summed E-state index contributed by atoms with van der Waals surface area (Å²) in [4.78, 5) is 11.8. The second-order valence-corrected chi connectivity index (χ2v) is 5.18. The van der Waals surface area contributed by atoms with Crippen molar-refractivity contribution in [3.8, 4) is 0 Å². The highest BCUT2D eigenvalue weighted by molar-refractivity contribution is 5.88. The Morgan fingerprint density at radius 1 is 1.42 bits per heavy atom. The fourth-order valence-electron chi connectivity index (χ4n) is 2.34. The third-order valence-corrected chi connectivity index (χ3v) is 3.81. The van der Waals surface area contributed by atoms with Crippen LogP contribution in [0.15, 0.2) is 11.6 Å². The first kappa shape index (κ1) is 16.2. The summed E-state index contributed by atoms with van der Waals surface area (Å²) in [6.07, 6.45) is 4.55. The van der Waals surface area contributed by atoms with E-state index in [-0.39, 0.29) is 30.1 Å². The zero-order chi connectivity index (χ0) is 14.4. The predicted octanol–water partition coefficient (Wildman–Crippen LogP) is 2.42. The molecule has 0 aromatic carbocycles. The molecule has 1 aliphatic rings. The van der Waals surface area contributed by atoms with Crippen molar-refractivity contribution in [2.75, 3.05) is 6.61 Å². The van der Waals surface area contributed by atoms with Crippen LogP contribution >= 0.6 is 0 Å². The summed E-state index contributed by atoms with van der Waals surface area (Å²) in [6, 6.07) is -0.0521. The van der Waals surface area contributed by atoms with E-state index in [1.54, 1.807) is 0 Å². The molecule has 4 nitrogen and oxygen atoms in total. The fraction of sp³-hybridized carbons (Fsp3) is 0.800. The van der Waals surface area contributed by atoms with Gasteiger partial charge >= 0.3 is 5.97 Å². The number of ether oxygens (including phenoxy) is 2. The van der Waals surface area contributed by atoms with Crippen LogP contribution in [0.25, 0.3) is 0 Å². The molecule has 0 radical (unpaired) electrons. The van der Waals surface area contributed by atoms with Crippen LogP contribution in [0.5, 0.6) is 0 Å². The average molecular weight is 269 g/mol. The summed E-state index contributed by atoms with van der Waals surface area (Å²) >= 11 is 0. The van der Waals surface area contributed by atoms with Crippen LogP contribution in [-0.2, 0) is 14.3 Å². The molecule has 0 saturated carbocycles. The molecule has 0 saturated heterocycles. The summed E-state index contributed by atoms with van der Waals surface area (Å²) < 4.78 is 11.1. The van der Waals surface area contributed by atoms with Gasteiger partial charge in [-0.25, -0.2) is 4.79 Å². The minimum absolute atomic E-state index is 0.0521. The van der Waals surface area contributed by atoms with Crippen LogP contribution in [0.4, 0.5) is 0 Å². The number of esters is 1. The maximum atomic E-state index is 11.8. The Labute approximate surface area is 116 Å². The van der Waals surface area contributed by atoms with Gasteiger partial charge < -0.3 is 15.2 Å². The number of hydrogen-bond donors (Lipinski definition) is 1. The summed E-state index contributed by atoms with van der Waals surface area (Å²) in [5.74, 6) is -0.0400. The van der Waals surface area contributed by atoms with Gasteiger partial charge in [-0.1, -0.05) is 20.8 Å². The van der Waals surface area contributed by atoms with E-state index < -0.39 is 0 Å². The van der Waals surface area contributed by atoms with E-state index in [0.717, 1.165) is 12.8 Å². The Balaban J connectivity index is 2.81. The number of rotatable bonds is 6. The molecule has 0 amide bonds. The maximum absolute atomic E-state index is 11.8. The summed E-state index contributed by atoms with van der Waals surface area (Å²) in [7, 11) is 0. The SMILES string of the molecule is CCOC(=O)C1=CC(OC(CC)CC)C(C)C(N)C1. The van der Waals surface area contributed by atoms with Crippen LogP contribution in [0.3, 0.4) is 0 Å². The number of hydrogen-bond acceptors (Lipinski definition) is 4. The smallest absolute Gasteiger partial charge is 0.333 e. The maximum Gasteiger partial charge on any atom is 0.333 e. The summed E-state index contributed by atoms with van der Waals surface area (Å²) in [5, 5.41) is 0. The molecule has 0 aromatic heterocycles. The Bertz CT molecular complexity index is 323. The minimum atomic E-state index is -0.261. The molecule has 0 fully saturated rings. The number of carbonyl (C=O) groups is 1. The van der Waals surface area contributed by atoms with E-state index in [0.29, 0.717) is 18.6 Å². The average Bonchev–Trinajstić information content (AvgIpc) is 2.40. The lowest BCUT2D eigenvalue weighted by Crippen LogP contribution is -2.42. The van der Waals surface area contributed by atoms with Gasteiger partial charge in [0.05, 0.1) is 18.8 Å². The van der Waals surface area contributed by atoms with Gasteiger partial charge in [0.25, 0.3) is 0 Å². The third-order valence-electron chi connectivity index (χ3n) is 3.81. The van der Waals surface area contributed by atoms with E-state index in [2.05, 4.69) is 20.8 Å². The van der Waals surface area contributed by atoms with Crippen molar-refractivity contribution < 1.29 is 14.3 Å². The number of carbonyl (C=O) groups excluding carboxylic acids is 1. The molecule has 0 spiro atoms. The van der Waals surface area contributed by atoms with Crippen LogP contribution in [0.2, 0.25) is 0 Å². The standard InChI is InChI=1S/C15H27NO3/c1-5-12(6-2)19-14-9-11(15(17)18-7-3)8-13(16)10(14)4/h9-10,12-14H,5-8,16H2,1-4H3. The Hall–Kier alpha value is -0.870. The lowest BCUT2D eigenvalue weighted by molar-refractivity contribution is -0.139. The molecule has 19 heavy (non-hydrogen) atoms. The fourth-order valence-corrected chi connectivity index (χ4v) is 2.34. The van der Waals surface area contributed by atoms with E-state index in [9.17, 15) is 4.79 Å². The predicted molar refractivity (Wildman–Crippen MR) is 75.7 cm³/mol. The van der Waals surface area contributed by atoms with Gasteiger partial charge in [0.1, 0.15) is 0 Å². The molecule has 0 heterocycles. The Kier molecular flexibility index (Phi) is 6.52. The minimum Gasteiger partial charge on any atom is -0.463 e. The summed E-state index contributed by atoms with van der Waals surface area (Å²) in [5.41, 5.74) is 6.78. The first-order valence-corrected chi connectivity index (χ1v) is 7.32. The second kappa shape index (κ2) is 7.65. The quantitative estimate of drug-likeness (QED) is 0.752. The van der Waals surface area contributed by atoms with Gasteiger partial charge in [-0.15, -0.1) is 0 Å². The van der Waals surface area contributed by atoms with E-state index in [1.165, 1.54) is 0 Å². The molecule has 3 unspecified atom stereocenters. The van der Waals surface area contributed by atoms with Gasteiger partial charge in [-0.3, -0.25) is 0 Å². The zero-order valence-corrected chi connectivity index (χ0v) is 12.5. The molecule has 0 aromatic rings. The Morgan fingerprint density at radius 2 is 2.05 bits per heavy atom. The molecule has 0 aliphatic heterocycles. The van der Waals surface area contributed by atoms with Gasteiger partial charge in [0.15, 0.2) is 0 Å². The van der Waals surface area contributed by atoms with Crippen molar-refractivity contribution in [1.82, 2.24) is 0 Å². The molecule has 1 rings (SSSR count). The molecule has 2 N–H and O–H groups in total. The van der Waals surface area contributed by atoms with Crippen molar-refractivity contribution >= 4 is 5.97 Å². The highest BCUT2D eigenvalue weighted by atomic mass is 16.5. The van der Waals surface area contributed by atoms with Crippen LogP contribution in [-0.4, -0.2) is 30.8 Å². The van der Waals surface area contributed by atoms with Gasteiger partial charge in [-0.05, 0) is 32.3 Å². The first-order chi connectivity index (χ1) is 9.03. The van der Waals surface area contributed by atoms with E-state index in [1.807, 2.05) is 13.0 Å². The lowest BCUT2D eigenvalue weighted by Gasteiger charge is -2.34. The van der Waals surface area contributed by atoms with Crippen molar-refractivity contribution in [2.45, 2.75) is 65.2 Å². The molecule has 0 bridgehead atoms. The summed E-state index contributed by atoms with van der Waals surface area (Å²) in [6.45, 7) is 8.49. The lowest BCUT2D eigenvalue weighted by atomic mass is 9.84. The van der Waals surface area contributed by atoms with Crippen molar-refractivity contribution in [2.24, 2.45) is 11.7 Å². The van der Waals surface area contributed by atoms with Gasteiger partial charge in [-0.2, -0.15) is 0 Å². The van der Waals surface area contributed by atoms with Gasteiger partial charge in [0.2, 0.25) is 0 Å².